The molecule has 1 aromatic heterocycles. The average molecular weight is 711 g/mol. The quantitative estimate of drug-likeness (QED) is 0.167. The lowest BCUT2D eigenvalue weighted by Gasteiger charge is -2.15. The Labute approximate surface area is 323 Å². The highest BCUT2D eigenvalue weighted by Gasteiger charge is 2.17. The fourth-order valence-electron chi connectivity index (χ4n) is 8.06. The number of hydrogen-bond donors (Lipinski definition) is 0. The van der Waals surface area contributed by atoms with E-state index in [1.807, 2.05) is 36.4 Å². The fourth-order valence-corrected chi connectivity index (χ4v) is 8.06. The molecule has 0 aliphatic rings. The zero-order valence-electron chi connectivity index (χ0n) is 30.1. The van der Waals surface area contributed by atoms with Crippen molar-refractivity contribution >= 4 is 43.2 Å². The van der Waals surface area contributed by atoms with E-state index < -0.39 is 0 Å². The Bertz CT molecular complexity index is 3240. The lowest BCUT2D eigenvalue weighted by atomic mass is 9.92. The number of rotatable bonds is 5. The van der Waals surface area contributed by atoms with E-state index in [9.17, 15) is 10.5 Å². The number of hydrogen-bond acceptors (Lipinski definition) is 4. The topological polar surface area (TPSA) is 73.4 Å². The van der Waals surface area contributed by atoms with Crippen LogP contribution < -0.4 is 0 Å². The van der Waals surface area contributed by atoms with Crippen LogP contribution in [-0.4, -0.2) is 9.97 Å². The summed E-state index contributed by atoms with van der Waals surface area (Å²) in [4.78, 5) is 10.5. The van der Waals surface area contributed by atoms with Gasteiger partial charge < -0.3 is 0 Å². The number of para-hydroxylation sites is 1. The highest BCUT2D eigenvalue weighted by atomic mass is 14.9. The zero-order chi connectivity index (χ0) is 37.6. The smallest absolute Gasteiger partial charge is 0.161 e. The van der Waals surface area contributed by atoms with E-state index in [4.69, 9.17) is 9.97 Å². The standard InChI is InChI=1S/C52H30N4/c53-31-33-26-34(32-54)28-40(27-33)35-20-22-36(23-21-35)42-24-25-47(45-16-5-3-15-44(42)45)52-55-50-19-8-7-18-48(50)51(56-52)39-12-9-11-37(29-39)49-30-38-10-1-2-13-41(38)43-14-4-6-17-46(43)49/h1-30H. The second-order valence-electron chi connectivity index (χ2n) is 14.0. The summed E-state index contributed by atoms with van der Waals surface area (Å²) in [6, 6.07) is 67.1. The van der Waals surface area contributed by atoms with Gasteiger partial charge in [0.25, 0.3) is 0 Å². The van der Waals surface area contributed by atoms with Gasteiger partial charge in [0.1, 0.15) is 0 Å². The van der Waals surface area contributed by atoms with Crippen molar-refractivity contribution in [3.05, 3.63) is 193 Å². The highest BCUT2D eigenvalue weighted by Crippen LogP contribution is 2.40. The summed E-state index contributed by atoms with van der Waals surface area (Å²) >= 11 is 0. The molecule has 0 atom stereocenters. The van der Waals surface area contributed by atoms with Gasteiger partial charge in [-0.15, -0.1) is 0 Å². The molecular weight excluding hydrogens is 681 g/mol. The fraction of sp³-hybridized carbons (Fsp3) is 0. The number of fused-ring (bicyclic) bond motifs is 5. The summed E-state index contributed by atoms with van der Waals surface area (Å²) in [5.74, 6) is 0.670. The van der Waals surface area contributed by atoms with E-state index in [1.165, 1.54) is 27.1 Å². The number of nitriles is 2. The third-order valence-electron chi connectivity index (χ3n) is 10.7. The highest BCUT2D eigenvalue weighted by molar-refractivity contribution is 6.14. The van der Waals surface area contributed by atoms with Crippen molar-refractivity contribution < 1.29 is 0 Å². The summed E-state index contributed by atoms with van der Waals surface area (Å²) < 4.78 is 0. The molecule has 10 aromatic rings. The summed E-state index contributed by atoms with van der Waals surface area (Å²) in [5.41, 5.74) is 11.0. The molecule has 0 unspecified atom stereocenters. The molecule has 0 aliphatic heterocycles. The lowest BCUT2D eigenvalue weighted by Crippen LogP contribution is -1.96. The van der Waals surface area contributed by atoms with Gasteiger partial charge in [-0.2, -0.15) is 10.5 Å². The Kier molecular flexibility index (Phi) is 7.88. The van der Waals surface area contributed by atoms with E-state index in [-0.39, 0.29) is 0 Å². The first-order valence-electron chi connectivity index (χ1n) is 18.5. The molecule has 4 nitrogen and oxygen atoms in total. The predicted octanol–water partition coefficient (Wildman–Crippen LogP) is 13.2. The first-order chi connectivity index (χ1) is 27.6. The van der Waals surface area contributed by atoms with Gasteiger partial charge in [0.05, 0.1) is 34.5 Å². The summed E-state index contributed by atoms with van der Waals surface area (Å²) in [5, 5.41) is 27.1. The molecule has 0 saturated carbocycles. The second-order valence-corrected chi connectivity index (χ2v) is 14.0. The largest absolute Gasteiger partial charge is 0.228 e. The molecule has 0 radical (unpaired) electrons. The SMILES string of the molecule is N#Cc1cc(C#N)cc(-c2ccc(-c3ccc(-c4nc(-c5cccc(-c6cc7ccccc7c7ccccc67)c5)c5ccccc5n4)c4ccccc34)cc2)c1. The molecule has 9 aromatic carbocycles. The molecule has 0 spiro atoms. The molecule has 0 saturated heterocycles. The second kappa shape index (κ2) is 13.5. The maximum atomic E-state index is 9.50. The van der Waals surface area contributed by atoms with E-state index in [0.29, 0.717) is 17.0 Å². The van der Waals surface area contributed by atoms with Crippen LogP contribution in [0.15, 0.2) is 182 Å². The predicted molar refractivity (Wildman–Crippen MR) is 229 cm³/mol. The molecular formula is C52H30N4. The summed E-state index contributed by atoms with van der Waals surface area (Å²) in [6.07, 6.45) is 0. The van der Waals surface area contributed by atoms with Crippen molar-refractivity contribution in [3.63, 3.8) is 0 Å². The van der Waals surface area contributed by atoms with Gasteiger partial charge in [-0.1, -0.05) is 140 Å². The van der Waals surface area contributed by atoms with Crippen LogP contribution in [-0.2, 0) is 0 Å². The summed E-state index contributed by atoms with van der Waals surface area (Å²) in [6.45, 7) is 0. The third-order valence-corrected chi connectivity index (χ3v) is 10.7. The van der Waals surface area contributed by atoms with Crippen LogP contribution >= 0.6 is 0 Å². The molecule has 0 amide bonds. The Morgan fingerprint density at radius 2 is 0.911 bits per heavy atom. The van der Waals surface area contributed by atoms with E-state index in [0.717, 1.165) is 66.3 Å². The van der Waals surface area contributed by atoms with Crippen LogP contribution in [0, 0.1) is 22.7 Å². The van der Waals surface area contributed by atoms with E-state index >= 15 is 0 Å². The normalized spacial score (nSPS) is 11.2. The maximum absolute atomic E-state index is 9.50. The monoisotopic (exact) mass is 710 g/mol. The van der Waals surface area contributed by atoms with Crippen molar-refractivity contribution in [1.82, 2.24) is 9.97 Å². The molecule has 0 bridgehead atoms. The molecule has 258 valence electrons. The molecule has 0 aliphatic carbocycles. The Morgan fingerprint density at radius 1 is 0.339 bits per heavy atom. The molecule has 0 N–H and O–H groups in total. The summed E-state index contributed by atoms with van der Waals surface area (Å²) in [7, 11) is 0. The maximum Gasteiger partial charge on any atom is 0.161 e. The van der Waals surface area contributed by atoms with Crippen molar-refractivity contribution in [2.45, 2.75) is 0 Å². The molecule has 0 fully saturated rings. The molecule has 1 heterocycles. The average Bonchev–Trinajstić information content (AvgIpc) is 3.28. The van der Waals surface area contributed by atoms with Crippen LogP contribution in [0.3, 0.4) is 0 Å². The van der Waals surface area contributed by atoms with Gasteiger partial charge in [0, 0.05) is 16.5 Å². The van der Waals surface area contributed by atoms with Crippen LogP contribution in [0.5, 0.6) is 0 Å². The van der Waals surface area contributed by atoms with Crippen LogP contribution in [0.25, 0.3) is 99.2 Å². The van der Waals surface area contributed by atoms with Crippen molar-refractivity contribution in [2.24, 2.45) is 0 Å². The number of aromatic nitrogens is 2. The van der Waals surface area contributed by atoms with Crippen LogP contribution in [0.1, 0.15) is 11.1 Å². The first-order valence-corrected chi connectivity index (χ1v) is 18.5. The minimum Gasteiger partial charge on any atom is -0.228 e. The van der Waals surface area contributed by atoms with Crippen molar-refractivity contribution in [3.8, 4) is 68.2 Å². The van der Waals surface area contributed by atoms with Gasteiger partial charge in [-0.05, 0) is 108 Å². The Hall–Kier alpha value is -7.92. The minimum absolute atomic E-state index is 0.468. The number of benzene rings is 9. The van der Waals surface area contributed by atoms with Gasteiger partial charge >= 0.3 is 0 Å². The van der Waals surface area contributed by atoms with Gasteiger partial charge in [-0.25, -0.2) is 9.97 Å². The van der Waals surface area contributed by atoms with Gasteiger partial charge in [0.2, 0.25) is 0 Å². The Morgan fingerprint density at radius 3 is 1.64 bits per heavy atom. The van der Waals surface area contributed by atoms with Crippen molar-refractivity contribution in [1.29, 1.82) is 10.5 Å². The van der Waals surface area contributed by atoms with Crippen molar-refractivity contribution in [2.75, 3.05) is 0 Å². The number of nitrogens with zero attached hydrogens (tertiary/aromatic N) is 4. The van der Waals surface area contributed by atoms with E-state index in [2.05, 4.69) is 152 Å². The zero-order valence-corrected chi connectivity index (χ0v) is 30.1. The third kappa shape index (κ3) is 5.62. The first kappa shape index (κ1) is 32.7. The van der Waals surface area contributed by atoms with E-state index in [1.54, 1.807) is 6.07 Å². The van der Waals surface area contributed by atoms with Gasteiger partial charge in [-0.3, -0.25) is 0 Å². The molecule has 10 rings (SSSR count). The minimum atomic E-state index is 0.468. The molecule has 4 heteroatoms. The van der Waals surface area contributed by atoms with Gasteiger partial charge in [0.15, 0.2) is 5.82 Å². The molecule has 56 heavy (non-hydrogen) atoms. The van der Waals surface area contributed by atoms with Crippen LogP contribution in [0.4, 0.5) is 0 Å². The van der Waals surface area contributed by atoms with Crippen LogP contribution in [0.2, 0.25) is 0 Å². The lowest BCUT2D eigenvalue weighted by molar-refractivity contribution is 1.23. The Balaban J connectivity index is 1.09.